The Labute approximate surface area is 392 Å². The fourth-order valence-corrected chi connectivity index (χ4v) is 6.34. The minimum absolute atomic E-state index is 0.119. The van der Waals surface area contributed by atoms with E-state index < -0.39 is 6.10 Å². The molecule has 0 N–H and O–H groups in total. The standard InChI is InChI=1S/C58H90O6/c1-4-7-10-13-16-19-22-25-27-29-31-33-36-39-42-45-48-51-57(60)63-54-55(53-62-56(59)50-47-44-41-38-35-32-24-21-18-15-12-9-6-3)64-58(61)52-49-46-43-40-37-34-30-28-26-23-20-17-14-11-8-5-2/h7,9-10,12-13,15-16,18-19,21-22,24-25,27-31,33-34,36-37,55H,4-6,8,11,14,17,20,23,26,32,35,38-54H2,1-3H3/b10-7+,12-9+,16-13+,18-15+,22-19+,24-21+,27-25+,30-28+,31-29+,36-33+,37-34+. The summed E-state index contributed by atoms with van der Waals surface area (Å²) in [5.41, 5.74) is 0. The molecular weight excluding hydrogens is 793 g/mol. The van der Waals surface area contributed by atoms with E-state index in [1.807, 2.05) is 66.8 Å². The molecule has 0 fully saturated rings. The van der Waals surface area contributed by atoms with Crippen LogP contribution >= 0.6 is 0 Å². The van der Waals surface area contributed by atoms with E-state index in [1.165, 1.54) is 44.9 Å². The third-order valence-corrected chi connectivity index (χ3v) is 10.1. The molecule has 6 nitrogen and oxygen atoms in total. The molecule has 0 aromatic heterocycles. The summed E-state index contributed by atoms with van der Waals surface area (Å²) in [4.78, 5) is 38.0. The largest absolute Gasteiger partial charge is 0.462 e. The number of rotatable bonds is 43. The van der Waals surface area contributed by atoms with Gasteiger partial charge >= 0.3 is 17.9 Å². The highest BCUT2D eigenvalue weighted by molar-refractivity contribution is 5.71. The second-order valence-electron chi connectivity index (χ2n) is 16.2. The molecule has 0 spiro atoms. The van der Waals surface area contributed by atoms with Gasteiger partial charge in [0.05, 0.1) is 0 Å². The van der Waals surface area contributed by atoms with Gasteiger partial charge in [-0.2, -0.15) is 0 Å². The summed E-state index contributed by atoms with van der Waals surface area (Å²) in [6, 6.07) is 0. The first-order valence-corrected chi connectivity index (χ1v) is 25.3. The van der Waals surface area contributed by atoms with E-state index in [4.69, 9.17) is 14.2 Å². The van der Waals surface area contributed by atoms with Crippen LogP contribution in [-0.4, -0.2) is 37.2 Å². The lowest BCUT2D eigenvalue weighted by Gasteiger charge is -2.18. The molecule has 0 bridgehead atoms. The maximum absolute atomic E-state index is 12.8. The lowest BCUT2D eigenvalue weighted by Crippen LogP contribution is -2.30. The van der Waals surface area contributed by atoms with E-state index in [0.29, 0.717) is 19.3 Å². The Bertz CT molecular complexity index is 1430. The minimum Gasteiger partial charge on any atom is -0.462 e. The monoisotopic (exact) mass is 883 g/mol. The van der Waals surface area contributed by atoms with Crippen LogP contribution in [0.1, 0.15) is 194 Å². The van der Waals surface area contributed by atoms with Crippen molar-refractivity contribution in [3.63, 3.8) is 0 Å². The maximum Gasteiger partial charge on any atom is 0.306 e. The summed E-state index contributed by atoms with van der Waals surface area (Å²) >= 11 is 0. The second kappa shape index (κ2) is 51.2. The van der Waals surface area contributed by atoms with Gasteiger partial charge in [0, 0.05) is 19.3 Å². The van der Waals surface area contributed by atoms with E-state index in [0.717, 1.165) is 103 Å². The van der Waals surface area contributed by atoms with Gasteiger partial charge in [0.1, 0.15) is 13.2 Å². The average Bonchev–Trinajstić information content (AvgIpc) is 3.29. The smallest absolute Gasteiger partial charge is 0.306 e. The summed E-state index contributed by atoms with van der Waals surface area (Å²) in [6.07, 6.45) is 71.4. The van der Waals surface area contributed by atoms with Gasteiger partial charge < -0.3 is 14.2 Å². The zero-order chi connectivity index (χ0) is 46.5. The lowest BCUT2D eigenvalue weighted by molar-refractivity contribution is -0.167. The van der Waals surface area contributed by atoms with Crippen molar-refractivity contribution in [1.82, 2.24) is 0 Å². The van der Waals surface area contributed by atoms with E-state index in [1.54, 1.807) is 0 Å². The number of esters is 3. The zero-order valence-corrected chi connectivity index (χ0v) is 40.7. The van der Waals surface area contributed by atoms with E-state index >= 15 is 0 Å². The molecule has 0 aliphatic carbocycles. The molecule has 0 saturated carbocycles. The van der Waals surface area contributed by atoms with Crippen molar-refractivity contribution in [3.05, 3.63) is 134 Å². The summed E-state index contributed by atoms with van der Waals surface area (Å²) in [5.74, 6) is -1.02. The van der Waals surface area contributed by atoms with Crippen LogP contribution in [0.3, 0.4) is 0 Å². The fourth-order valence-electron chi connectivity index (χ4n) is 6.34. The van der Waals surface area contributed by atoms with Crippen molar-refractivity contribution in [2.24, 2.45) is 0 Å². The highest BCUT2D eigenvalue weighted by atomic mass is 16.6. The fraction of sp³-hybridized carbons (Fsp3) is 0.569. The van der Waals surface area contributed by atoms with E-state index in [-0.39, 0.29) is 37.5 Å². The van der Waals surface area contributed by atoms with Gasteiger partial charge in [-0.1, -0.05) is 225 Å². The number of unbranched alkanes of at least 4 members (excludes halogenated alkanes) is 18. The Morgan fingerprint density at radius 1 is 0.328 bits per heavy atom. The van der Waals surface area contributed by atoms with Crippen LogP contribution in [0.4, 0.5) is 0 Å². The molecule has 0 radical (unpaired) electrons. The number of hydrogen-bond donors (Lipinski definition) is 0. The molecule has 0 aromatic rings. The Hall–Kier alpha value is -4.45. The summed E-state index contributed by atoms with van der Waals surface area (Å²) in [7, 11) is 0. The summed E-state index contributed by atoms with van der Waals surface area (Å²) in [6.45, 7) is 6.25. The Morgan fingerprint density at radius 2 is 0.609 bits per heavy atom. The van der Waals surface area contributed by atoms with Gasteiger partial charge in [-0.15, -0.1) is 0 Å². The van der Waals surface area contributed by atoms with Crippen molar-refractivity contribution < 1.29 is 28.6 Å². The molecule has 1 unspecified atom stereocenters. The SMILES string of the molecule is CC/C=C/C=C/C=C/C=C/C=C/C=C/CCCCCC(=O)OCC(COC(=O)CCCCCCC/C=C/C=C/C=C/CC)OC(=O)CCCCC/C=C/C=C/CCCCCCCCC. The van der Waals surface area contributed by atoms with Crippen molar-refractivity contribution in [3.8, 4) is 0 Å². The summed E-state index contributed by atoms with van der Waals surface area (Å²) < 4.78 is 16.7. The Kier molecular flexibility index (Phi) is 47.6. The predicted octanol–water partition coefficient (Wildman–Crippen LogP) is 16.7. The van der Waals surface area contributed by atoms with Crippen LogP contribution in [0.5, 0.6) is 0 Å². The quantitative estimate of drug-likeness (QED) is 0.0263. The first-order valence-electron chi connectivity index (χ1n) is 25.3. The molecule has 0 aromatic carbocycles. The van der Waals surface area contributed by atoms with Crippen LogP contribution in [0.2, 0.25) is 0 Å². The van der Waals surface area contributed by atoms with Gasteiger partial charge in [0.15, 0.2) is 6.10 Å². The molecule has 6 heteroatoms. The molecular formula is C58H90O6. The first kappa shape index (κ1) is 59.5. The second-order valence-corrected chi connectivity index (χ2v) is 16.2. The molecule has 0 aliphatic heterocycles. The normalized spacial score (nSPS) is 13.2. The minimum atomic E-state index is -0.824. The van der Waals surface area contributed by atoms with Crippen LogP contribution in [-0.2, 0) is 28.6 Å². The van der Waals surface area contributed by atoms with Gasteiger partial charge in [-0.3, -0.25) is 14.4 Å². The van der Waals surface area contributed by atoms with E-state index in [2.05, 4.69) is 87.6 Å². The number of allylic oxidation sites excluding steroid dienone is 22. The molecule has 0 saturated heterocycles. The molecule has 358 valence electrons. The number of ether oxygens (including phenoxy) is 3. The van der Waals surface area contributed by atoms with Crippen LogP contribution in [0, 0.1) is 0 Å². The van der Waals surface area contributed by atoms with E-state index in [9.17, 15) is 14.4 Å². The van der Waals surface area contributed by atoms with Crippen LogP contribution in [0.25, 0.3) is 0 Å². The summed E-state index contributed by atoms with van der Waals surface area (Å²) in [5, 5.41) is 0. The highest BCUT2D eigenvalue weighted by Crippen LogP contribution is 2.12. The Balaban J connectivity index is 4.58. The van der Waals surface area contributed by atoms with Gasteiger partial charge in [0.2, 0.25) is 0 Å². The molecule has 0 amide bonds. The maximum atomic E-state index is 12.8. The molecule has 0 rings (SSSR count). The average molecular weight is 883 g/mol. The highest BCUT2D eigenvalue weighted by Gasteiger charge is 2.19. The van der Waals surface area contributed by atoms with Crippen molar-refractivity contribution in [2.45, 2.75) is 200 Å². The third-order valence-electron chi connectivity index (χ3n) is 10.1. The lowest BCUT2D eigenvalue weighted by atomic mass is 10.1. The van der Waals surface area contributed by atoms with Gasteiger partial charge in [0.25, 0.3) is 0 Å². The number of carbonyl (C=O) groups excluding carboxylic acids is 3. The third kappa shape index (κ3) is 48.6. The van der Waals surface area contributed by atoms with Gasteiger partial charge in [-0.05, 0) is 83.5 Å². The molecule has 0 aliphatic rings. The Morgan fingerprint density at radius 3 is 0.984 bits per heavy atom. The zero-order valence-electron chi connectivity index (χ0n) is 40.7. The van der Waals surface area contributed by atoms with Gasteiger partial charge in [-0.25, -0.2) is 0 Å². The number of carbonyl (C=O) groups is 3. The van der Waals surface area contributed by atoms with Crippen LogP contribution in [0.15, 0.2) is 134 Å². The number of hydrogen-bond acceptors (Lipinski definition) is 6. The molecule has 0 heterocycles. The van der Waals surface area contributed by atoms with Crippen molar-refractivity contribution in [2.75, 3.05) is 13.2 Å². The first-order chi connectivity index (χ1) is 31.5. The molecule has 64 heavy (non-hydrogen) atoms. The topological polar surface area (TPSA) is 78.9 Å². The predicted molar refractivity (Wildman–Crippen MR) is 274 cm³/mol. The molecule has 1 atom stereocenters. The van der Waals surface area contributed by atoms with Crippen molar-refractivity contribution in [1.29, 1.82) is 0 Å². The van der Waals surface area contributed by atoms with Crippen LogP contribution < -0.4 is 0 Å². The van der Waals surface area contributed by atoms with Crippen molar-refractivity contribution >= 4 is 17.9 Å².